The number of anilines is 2. The van der Waals surface area contributed by atoms with Crippen LogP contribution >= 0.6 is 0 Å². The number of carbonyl (C=O) groups is 1. The average Bonchev–Trinajstić information content (AvgIpc) is 2.95. The second-order valence-corrected chi connectivity index (χ2v) is 5.18. The number of methoxy groups -OCH3 is 1. The number of nitrogens with one attached hydrogen (secondary N) is 1. The number of aryl methyl sites for hydroxylation is 2. The first-order valence-electron chi connectivity index (χ1n) is 6.97. The second-order valence-electron chi connectivity index (χ2n) is 5.18. The lowest BCUT2D eigenvalue weighted by atomic mass is 10.1. The number of benzene rings is 2. The van der Waals surface area contributed by atoms with Crippen molar-refractivity contribution in [3.8, 4) is 5.75 Å². The van der Waals surface area contributed by atoms with E-state index >= 15 is 0 Å². The summed E-state index contributed by atoms with van der Waals surface area (Å²) in [5.41, 5.74) is 4.44. The number of ether oxygens (including phenoxy) is 1. The summed E-state index contributed by atoms with van der Waals surface area (Å²) >= 11 is 0. The van der Waals surface area contributed by atoms with Gasteiger partial charge in [0.25, 0.3) is 0 Å². The molecule has 0 saturated heterocycles. The summed E-state index contributed by atoms with van der Waals surface area (Å²) < 4.78 is 5.08. The van der Waals surface area contributed by atoms with Crippen LogP contribution < -0.4 is 10.1 Å². The Bertz CT molecular complexity index is 694. The molecule has 0 aromatic heterocycles. The summed E-state index contributed by atoms with van der Waals surface area (Å²) in [6.07, 6.45) is 3.43. The van der Waals surface area contributed by atoms with Gasteiger partial charge in [-0.2, -0.15) is 0 Å². The molecule has 1 aliphatic rings. The summed E-state index contributed by atoms with van der Waals surface area (Å²) in [7, 11) is 1.52. The third-order valence-electron chi connectivity index (χ3n) is 3.83. The van der Waals surface area contributed by atoms with Gasteiger partial charge in [-0.15, -0.1) is 0 Å². The van der Waals surface area contributed by atoms with Crippen LogP contribution in [0.3, 0.4) is 0 Å². The molecule has 3 rings (SSSR count). The molecule has 2 aromatic rings. The SMILES string of the molecule is COc1ccc(Nc2ccc3c(c2)CCC3)c(C(=O)O)c1. The van der Waals surface area contributed by atoms with Crippen LogP contribution in [-0.2, 0) is 12.8 Å². The molecule has 0 heterocycles. The Labute approximate surface area is 123 Å². The van der Waals surface area contributed by atoms with Gasteiger partial charge >= 0.3 is 5.97 Å². The average molecular weight is 283 g/mol. The van der Waals surface area contributed by atoms with Crippen LogP contribution in [0.15, 0.2) is 36.4 Å². The summed E-state index contributed by atoms with van der Waals surface area (Å²) in [4.78, 5) is 11.4. The minimum atomic E-state index is -0.974. The van der Waals surface area contributed by atoms with Crippen molar-refractivity contribution in [2.75, 3.05) is 12.4 Å². The number of carboxylic acid groups (broad SMARTS) is 1. The van der Waals surface area contributed by atoms with Crippen molar-refractivity contribution in [3.63, 3.8) is 0 Å². The van der Waals surface area contributed by atoms with Gasteiger partial charge in [0.15, 0.2) is 0 Å². The number of rotatable bonds is 4. The van der Waals surface area contributed by atoms with E-state index in [1.165, 1.54) is 30.7 Å². The Morgan fingerprint density at radius 2 is 1.95 bits per heavy atom. The van der Waals surface area contributed by atoms with Crippen molar-refractivity contribution in [1.29, 1.82) is 0 Å². The first-order valence-corrected chi connectivity index (χ1v) is 6.97. The van der Waals surface area contributed by atoms with E-state index in [9.17, 15) is 9.90 Å². The molecule has 0 aliphatic heterocycles. The monoisotopic (exact) mass is 283 g/mol. The molecule has 0 amide bonds. The third-order valence-corrected chi connectivity index (χ3v) is 3.83. The Morgan fingerprint density at radius 1 is 1.14 bits per heavy atom. The van der Waals surface area contributed by atoms with E-state index in [4.69, 9.17) is 4.74 Å². The molecule has 4 heteroatoms. The van der Waals surface area contributed by atoms with Gasteiger partial charge < -0.3 is 15.2 Å². The zero-order chi connectivity index (χ0) is 14.8. The molecule has 0 radical (unpaired) electrons. The normalized spacial score (nSPS) is 12.8. The van der Waals surface area contributed by atoms with Crippen LogP contribution in [0.1, 0.15) is 27.9 Å². The molecule has 0 spiro atoms. The van der Waals surface area contributed by atoms with Crippen molar-refractivity contribution in [2.45, 2.75) is 19.3 Å². The van der Waals surface area contributed by atoms with Crippen molar-refractivity contribution in [3.05, 3.63) is 53.1 Å². The van der Waals surface area contributed by atoms with Crippen molar-refractivity contribution < 1.29 is 14.6 Å². The van der Waals surface area contributed by atoms with Crippen LogP contribution in [-0.4, -0.2) is 18.2 Å². The van der Waals surface area contributed by atoms with Gasteiger partial charge in [-0.25, -0.2) is 4.79 Å². The largest absolute Gasteiger partial charge is 0.497 e. The third kappa shape index (κ3) is 2.70. The van der Waals surface area contributed by atoms with Gasteiger partial charge in [0.05, 0.1) is 18.4 Å². The zero-order valence-corrected chi connectivity index (χ0v) is 11.8. The van der Waals surface area contributed by atoms with Crippen LogP contribution in [0.2, 0.25) is 0 Å². The van der Waals surface area contributed by atoms with E-state index in [2.05, 4.69) is 17.4 Å². The van der Waals surface area contributed by atoms with E-state index in [0.717, 1.165) is 18.5 Å². The molecule has 4 nitrogen and oxygen atoms in total. The van der Waals surface area contributed by atoms with Crippen LogP contribution in [0.25, 0.3) is 0 Å². The van der Waals surface area contributed by atoms with E-state index < -0.39 is 5.97 Å². The van der Waals surface area contributed by atoms with Gasteiger partial charge in [-0.05, 0) is 60.7 Å². The Morgan fingerprint density at radius 3 is 2.71 bits per heavy atom. The first-order chi connectivity index (χ1) is 10.2. The predicted molar refractivity (Wildman–Crippen MR) is 81.7 cm³/mol. The van der Waals surface area contributed by atoms with E-state index in [0.29, 0.717) is 11.4 Å². The number of hydrogen-bond donors (Lipinski definition) is 2. The van der Waals surface area contributed by atoms with Gasteiger partial charge in [0.1, 0.15) is 5.75 Å². The van der Waals surface area contributed by atoms with E-state index in [1.807, 2.05) is 6.07 Å². The molecule has 0 saturated carbocycles. The van der Waals surface area contributed by atoms with Crippen LogP contribution in [0, 0.1) is 0 Å². The number of fused-ring (bicyclic) bond motifs is 1. The van der Waals surface area contributed by atoms with E-state index in [-0.39, 0.29) is 5.56 Å². The molecule has 108 valence electrons. The quantitative estimate of drug-likeness (QED) is 0.899. The van der Waals surface area contributed by atoms with Crippen LogP contribution in [0.5, 0.6) is 5.75 Å². The van der Waals surface area contributed by atoms with Crippen molar-refractivity contribution in [1.82, 2.24) is 0 Å². The molecule has 0 unspecified atom stereocenters. The molecule has 0 atom stereocenters. The lowest BCUT2D eigenvalue weighted by Crippen LogP contribution is -2.03. The highest BCUT2D eigenvalue weighted by Gasteiger charge is 2.14. The minimum Gasteiger partial charge on any atom is -0.497 e. The molecule has 21 heavy (non-hydrogen) atoms. The molecule has 2 N–H and O–H groups in total. The molecule has 2 aromatic carbocycles. The van der Waals surface area contributed by atoms with Gasteiger partial charge in [0.2, 0.25) is 0 Å². The molecule has 1 aliphatic carbocycles. The van der Waals surface area contributed by atoms with Gasteiger partial charge in [0, 0.05) is 5.69 Å². The fourth-order valence-corrected chi connectivity index (χ4v) is 2.74. The maximum absolute atomic E-state index is 11.4. The highest BCUT2D eigenvalue weighted by atomic mass is 16.5. The van der Waals surface area contributed by atoms with Gasteiger partial charge in [-0.1, -0.05) is 6.07 Å². The first kappa shape index (κ1) is 13.5. The van der Waals surface area contributed by atoms with Crippen molar-refractivity contribution in [2.24, 2.45) is 0 Å². The number of carboxylic acids is 1. The Balaban J connectivity index is 1.92. The molecular formula is C17H17NO3. The van der Waals surface area contributed by atoms with E-state index in [1.54, 1.807) is 12.1 Å². The summed E-state index contributed by atoms with van der Waals surface area (Å²) in [5, 5.41) is 12.5. The van der Waals surface area contributed by atoms with Gasteiger partial charge in [-0.3, -0.25) is 0 Å². The molecular weight excluding hydrogens is 266 g/mol. The highest BCUT2D eigenvalue weighted by Crippen LogP contribution is 2.29. The maximum Gasteiger partial charge on any atom is 0.337 e. The standard InChI is InChI=1S/C17H17NO3/c1-21-14-7-8-16(15(10-14)17(19)20)18-13-6-5-11-3-2-4-12(11)9-13/h5-10,18H,2-4H2,1H3,(H,19,20). The second kappa shape index (κ2) is 5.48. The number of aromatic carboxylic acids is 1. The lowest BCUT2D eigenvalue weighted by Gasteiger charge is -2.12. The zero-order valence-electron chi connectivity index (χ0n) is 11.8. The highest BCUT2D eigenvalue weighted by molar-refractivity contribution is 5.95. The number of hydrogen-bond acceptors (Lipinski definition) is 3. The smallest absolute Gasteiger partial charge is 0.337 e. The summed E-state index contributed by atoms with van der Waals surface area (Å²) in [6, 6.07) is 11.2. The lowest BCUT2D eigenvalue weighted by molar-refractivity contribution is 0.0697. The molecule has 0 bridgehead atoms. The predicted octanol–water partition coefficient (Wildman–Crippen LogP) is 3.63. The topological polar surface area (TPSA) is 58.6 Å². The molecule has 0 fully saturated rings. The summed E-state index contributed by atoms with van der Waals surface area (Å²) in [5.74, 6) is -0.440. The fraction of sp³-hybridized carbons (Fsp3) is 0.235. The van der Waals surface area contributed by atoms with Crippen LogP contribution in [0.4, 0.5) is 11.4 Å². The Kier molecular flexibility index (Phi) is 3.52. The summed E-state index contributed by atoms with van der Waals surface area (Å²) in [6.45, 7) is 0. The fourth-order valence-electron chi connectivity index (χ4n) is 2.74. The maximum atomic E-state index is 11.4. The minimum absolute atomic E-state index is 0.204. The van der Waals surface area contributed by atoms with Crippen molar-refractivity contribution >= 4 is 17.3 Å². The Hall–Kier alpha value is -2.49.